The Bertz CT molecular complexity index is 387. The van der Waals surface area contributed by atoms with Crippen molar-refractivity contribution in [2.45, 2.75) is 11.8 Å². The Hall–Kier alpha value is -1.10. The number of hydrogen-bond acceptors (Lipinski definition) is 4. The molecule has 1 rings (SSSR count). The van der Waals surface area contributed by atoms with E-state index < -0.39 is 9.84 Å². The fourth-order valence-corrected chi connectivity index (χ4v) is 1.79. The largest absolute Gasteiger partial charge is 0.369 e. The van der Waals surface area contributed by atoms with Gasteiger partial charge in [0, 0.05) is 19.0 Å². The van der Waals surface area contributed by atoms with Crippen molar-refractivity contribution in [1.29, 1.82) is 0 Å². The lowest BCUT2D eigenvalue weighted by Crippen LogP contribution is -2.06. The van der Waals surface area contributed by atoms with E-state index in [0.717, 1.165) is 0 Å². The third kappa shape index (κ3) is 2.42. The standard InChI is InChI=1S/C8H12N2O2S/c1-3-9-8-7(13(2,11)12)5-4-6-10-8/h4-6H,3H2,1-2H3,(H,9,10). The predicted molar refractivity (Wildman–Crippen MR) is 51.5 cm³/mol. The van der Waals surface area contributed by atoms with Gasteiger partial charge in [-0.2, -0.15) is 0 Å². The van der Waals surface area contributed by atoms with Crippen molar-refractivity contribution in [3.63, 3.8) is 0 Å². The van der Waals surface area contributed by atoms with E-state index in [1.165, 1.54) is 6.26 Å². The van der Waals surface area contributed by atoms with E-state index in [1.807, 2.05) is 6.92 Å². The van der Waals surface area contributed by atoms with E-state index in [-0.39, 0.29) is 4.90 Å². The Balaban J connectivity index is 3.20. The zero-order chi connectivity index (χ0) is 9.90. The Labute approximate surface area is 77.9 Å². The first-order valence-corrected chi connectivity index (χ1v) is 5.83. The Kier molecular flexibility index (Phi) is 2.87. The lowest BCUT2D eigenvalue weighted by molar-refractivity contribution is 0.602. The van der Waals surface area contributed by atoms with Gasteiger partial charge in [0.05, 0.1) is 0 Å². The predicted octanol–water partition coefficient (Wildman–Crippen LogP) is 0.917. The number of rotatable bonds is 3. The van der Waals surface area contributed by atoms with Gasteiger partial charge in [-0.25, -0.2) is 13.4 Å². The zero-order valence-electron chi connectivity index (χ0n) is 7.61. The summed E-state index contributed by atoms with van der Waals surface area (Å²) in [5.41, 5.74) is 0. The number of aromatic nitrogens is 1. The van der Waals surface area contributed by atoms with Gasteiger partial charge < -0.3 is 5.32 Å². The van der Waals surface area contributed by atoms with Gasteiger partial charge in [-0.15, -0.1) is 0 Å². The molecular formula is C8H12N2O2S. The van der Waals surface area contributed by atoms with E-state index in [1.54, 1.807) is 18.3 Å². The zero-order valence-corrected chi connectivity index (χ0v) is 8.43. The first-order valence-electron chi connectivity index (χ1n) is 3.94. The van der Waals surface area contributed by atoms with Crippen LogP contribution in [0.2, 0.25) is 0 Å². The van der Waals surface area contributed by atoms with Gasteiger partial charge in [0.1, 0.15) is 10.7 Å². The molecule has 0 atom stereocenters. The molecule has 0 aliphatic heterocycles. The molecule has 5 heteroatoms. The van der Waals surface area contributed by atoms with Crippen LogP contribution in [0.4, 0.5) is 5.82 Å². The average molecular weight is 200 g/mol. The molecular weight excluding hydrogens is 188 g/mol. The molecule has 0 saturated heterocycles. The maximum atomic E-state index is 11.2. The van der Waals surface area contributed by atoms with Crippen molar-refractivity contribution < 1.29 is 8.42 Å². The van der Waals surface area contributed by atoms with Crippen molar-refractivity contribution >= 4 is 15.7 Å². The maximum absolute atomic E-state index is 11.2. The molecule has 4 nitrogen and oxygen atoms in total. The summed E-state index contributed by atoms with van der Waals surface area (Å²) in [5, 5.41) is 2.89. The summed E-state index contributed by atoms with van der Waals surface area (Å²) in [6.45, 7) is 2.54. The van der Waals surface area contributed by atoms with Crippen LogP contribution in [0.1, 0.15) is 6.92 Å². The highest BCUT2D eigenvalue weighted by molar-refractivity contribution is 7.90. The molecule has 0 amide bonds. The quantitative estimate of drug-likeness (QED) is 0.788. The Morgan fingerprint density at radius 2 is 2.23 bits per heavy atom. The van der Waals surface area contributed by atoms with Crippen molar-refractivity contribution in [2.24, 2.45) is 0 Å². The SMILES string of the molecule is CCNc1ncccc1S(C)(=O)=O. The number of pyridine rings is 1. The maximum Gasteiger partial charge on any atom is 0.179 e. The summed E-state index contributed by atoms with van der Waals surface area (Å²) in [5.74, 6) is 0.424. The molecule has 1 aromatic heterocycles. The average Bonchev–Trinajstić information content (AvgIpc) is 2.04. The molecule has 1 heterocycles. The summed E-state index contributed by atoms with van der Waals surface area (Å²) >= 11 is 0. The molecule has 0 spiro atoms. The van der Waals surface area contributed by atoms with Crippen LogP contribution in [0.25, 0.3) is 0 Å². The third-order valence-electron chi connectivity index (χ3n) is 1.51. The van der Waals surface area contributed by atoms with Crippen molar-refractivity contribution in [1.82, 2.24) is 4.98 Å². The molecule has 0 saturated carbocycles. The van der Waals surface area contributed by atoms with Gasteiger partial charge in [-0.05, 0) is 19.1 Å². The minimum atomic E-state index is -3.18. The molecule has 0 fully saturated rings. The van der Waals surface area contributed by atoms with Gasteiger partial charge in [0.2, 0.25) is 0 Å². The van der Waals surface area contributed by atoms with Crippen LogP contribution in [0.3, 0.4) is 0 Å². The highest BCUT2D eigenvalue weighted by Crippen LogP contribution is 2.16. The molecule has 13 heavy (non-hydrogen) atoms. The number of nitrogens with zero attached hydrogens (tertiary/aromatic N) is 1. The lowest BCUT2D eigenvalue weighted by Gasteiger charge is -2.06. The van der Waals surface area contributed by atoms with Crippen molar-refractivity contribution in [3.8, 4) is 0 Å². The number of anilines is 1. The van der Waals surface area contributed by atoms with Crippen LogP contribution in [-0.2, 0) is 9.84 Å². The topological polar surface area (TPSA) is 59.1 Å². The van der Waals surface area contributed by atoms with Gasteiger partial charge in [-0.3, -0.25) is 0 Å². The molecule has 1 aromatic rings. The molecule has 0 radical (unpaired) electrons. The monoisotopic (exact) mass is 200 g/mol. The lowest BCUT2D eigenvalue weighted by atomic mass is 10.4. The number of hydrogen-bond donors (Lipinski definition) is 1. The summed E-state index contributed by atoms with van der Waals surface area (Å²) in [6.07, 6.45) is 2.73. The summed E-state index contributed by atoms with van der Waals surface area (Å²) < 4.78 is 22.5. The van der Waals surface area contributed by atoms with E-state index >= 15 is 0 Å². The number of nitrogens with one attached hydrogen (secondary N) is 1. The first kappa shape index (κ1) is 9.98. The minimum Gasteiger partial charge on any atom is -0.369 e. The van der Waals surface area contributed by atoms with Gasteiger partial charge >= 0.3 is 0 Å². The van der Waals surface area contributed by atoms with Crippen LogP contribution in [-0.4, -0.2) is 26.2 Å². The normalized spacial score (nSPS) is 11.2. The van der Waals surface area contributed by atoms with Crippen molar-refractivity contribution in [2.75, 3.05) is 18.1 Å². The first-order chi connectivity index (χ1) is 6.05. The fraction of sp³-hybridized carbons (Fsp3) is 0.375. The Morgan fingerprint density at radius 3 is 2.77 bits per heavy atom. The van der Waals surface area contributed by atoms with Gasteiger partial charge in [-0.1, -0.05) is 0 Å². The third-order valence-corrected chi connectivity index (χ3v) is 2.64. The molecule has 0 aromatic carbocycles. The van der Waals surface area contributed by atoms with Gasteiger partial charge in [0.25, 0.3) is 0 Å². The summed E-state index contributed by atoms with van der Waals surface area (Å²) in [7, 11) is -3.18. The van der Waals surface area contributed by atoms with Crippen LogP contribution >= 0.6 is 0 Å². The van der Waals surface area contributed by atoms with E-state index in [4.69, 9.17) is 0 Å². The van der Waals surface area contributed by atoms with E-state index in [9.17, 15) is 8.42 Å². The molecule has 0 aliphatic rings. The van der Waals surface area contributed by atoms with E-state index in [2.05, 4.69) is 10.3 Å². The van der Waals surface area contributed by atoms with E-state index in [0.29, 0.717) is 12.4 Å². The fourth-order valence-electron chi connectivity index (χ4n) is 0.990. The minimum absolute atomic E-state index is 0.247. The molecule has 72 valence electrons. The Morgan fingerprint density at radius 1 is 1.54 bits per heavy atom. The second-order valence-electron chi connectivity index (χ2n) is 2.65. The smallest absolute Gasteiger partial charge is 0.179 e. The second kappa shape index (κ2) is 3.74. The van der Waals surface area contributed by atoms with Gasteiger partial charge in [0.15, 0.2) is 9.84 Å². The number of sulfone groups is 1. The van der Waals surface area contributed by atoms with Crippen LogP contribution in [0, 0.1) is 0 Å². The van der Waals surface area contributed by atoms with Crippen LogP contribution < -0.4 is 5.32 Å². The second-order valence-corrected chi connectivity index (χ2v) is 4.64. The molecule has 0 bridgehead atoms. The molecule has 0 aliphatic carbocycles. The molecule has 1 N–H and O–H groups in total. The van der Waals surface area contributed by atoms with Crippen LogP contribution in [0.5, 0.6) is 0 Å². The highest BCUT2D eigenvalue weighted by Gasteiger charge is 2.12. The van der Waals surface area contributed by atoms with Crippen molar-refractivity contribution in [3.05, 3.63) is 18.3 Å². The molecule has 0 unspecified atom stereocenters. The summed E-state index contributed by atoms with van der Waals surface area (Å²) in [6, 6.07) is 3.15. The highest BCUT2D eigenvalue weighted by atomic mass is 32.2. The summed E-state index contributed by atoms with van der Waals surface area (Å²) in [4.78, 5) is 4.19. The van der Waals surface area contributed by atoms with Crippen LogP contribution in [0.15, 0.2) is 23.2 Å².